The van der Waals surface area contributed by atoms with Crippen molar-refractivity contribution in [2.45, 2.75) is 39.3 Å². The number of rotatable bonds is 4. The molecule has 0 spiro atoms. The van der Waals surface area contributed by atoms with E-state index in [1.807, 2.05) is 55.9 Å². The Labute approximate surface area is 163 Å². The smallest absolute Gasteiger partial charge is 0.317 e. The molecule has 0 fully saturated rings. The molecule has 2 amide bonds. The van der Waals surface area contributed by atoms with Crippen molar-refractivity contribution < 1.29 is 9.32 Å². The van der Waals surface area contributed by atoms with Crippen molar-refractivity contribution >= 4 is 6.03 Å². The third-order valence-corrected chi connectivity index (χ3v) is 4.82. The molecule has 0 saturated heterocycles. The van der Waals surface area contributed by atoms with Gasteiger partial charge in [-0.15, -0.1) is 0 Å². The first-order chi connectivity index (χ1) is 13.5. The number of carbonyl (C=O) groups excluding carboxylic acids is 1. The molecule has 0 unspecified atom stereocenters. The summed E-state index contributed by atoms with van der Waals surface area (Å²) in [5, 5.41) is 11.7. The van der Waals surface area contributed by atoms with Gasteiger partial charge < -0.3 is 14.7 Å². The predicted molar refractivity (Wildman–Crippen MR) is 104 cm³/mol. The summed E-state index contributed by atoms with van der Waals surface area (Å²) in [4.78, 5) is 18.8. The van der Waals surface area contributed by atoms with Gasteiger partial charge in [0.25, 0.3) is 5.89 Å². The van der Waals surface area contributed by atoms with Crippen molar-refractivity contribution in [3.63, 3.8) is 0 Å². The third kappa shape index (κ3) is 3.62. The van der Waals surface area contributed by atoms with Crippen molar-refractivity contribution in [2.75, 3.05) is 6.54 Å². The molecule has 146 valence electrons. The quantitative estimate of drug-likeness (QED) is 0.751. The molecule has 3 heterocycles. The fourth-order valence-electron chi connectivity index (χ4n) is 3.48. The van der Waals surface area contributed by atoms with Gasteiger partial charge in [-0.25, -0.2) is 4.79 Å². The van der Waals surface area contributed by atoms with Gasteiger partial charge in [0.05, 0.1) is 6.54 Å². The molecule has 1 aliphatic rings. The van der Waals surface area contributed by atoms with Gasteiger partial charge in [0.1, 0.15) is 0 Å². The topological polar surface area (TPSA) is 89.1 Å². The van der Waals surface area contributed by atoms with Crippen LogP contribution in [0.15, 0.2) is 34.9 Å². The van der Waals surface area contributed by atoms with E-state index in [0.29, 0.717) is 36.9 Å². The van der Waals surface area contributed by atoms with Crippen LogP contribution in [0.5, 0.6) is 0 Å². The molecule has 8 heteroatoms. The Morgan fingerprint density at radius 1 is 1.29 bits per heavy atom. The summed E-state index contributed by atoms with van der Waals surface area (Å²) in [5.74, 6) is 1.01. The molecule has 0 atom stereocenters. The van der Waals surface area contributed by atoms with E-state index >= 15 is 0 Å². The van der Waals surface area contributed by atoms with Crippen LogP contribution in [0.1, 0.15) is 36.5 Å². The predicted octanol–water partition coefficient (Wildman–Crippen LogP) is 2.54. The van der Waals surface area contributed by atoms with Gasteiger partial charge in [0.2, 0.25) is 0 Å². The van der Waals surface area contributed by atoms with E-state index in [9.17, 15) is 4.79 Å². The number of carbonyl (C=O) groups is 1. The standard InChI is InChI=1S/C20H24N6O2/c1-13(2)21-20(27)26-10-9-16-15(12-26)18(23-25(16)3)19-22-17(24-28-19)11-14-7-5-4-6-8-14/h4-8,13H,9-12H2,1-3H3,(H,21,27). The Morgan fingerprint density at radius 3 is 2.82 bits per heavy atom. The van der Waals surface area contributed by atoms with E-state index in [0.717, 1.165) is 23.2 Å². The first kappa shape index (κ1) is 18.2. The number of benzene rings is 1. The van der Waals surface area contributed by atoms with E-state index in [1.54, 1.807) is 4.90 Å². The molecule has 2 aromatic heterocycles. The van der Waals surface area contributed by atoms with Gasteiger partial charge in [-0.3, -0.25) is 4.68 Å². The van der Waals surface area contributed by atoms with E-state index in [-0.39, 0.29) is 12.1 Å². The summed E-state index contributed by atoms with van der Waals surface area (Å²) in [6, 6.07) is 10.1. The number of urea groups is 1. The van der Waals surface area contributed by atoms with Crippen LogP contribution >= 0.6 is 0 Å². The summed E-state index contributed by atoms with van der Waals surface area (Å²) in [5.41, 5.74) is 3.86. The highest BCUT2D eigenvalue weighted by Crippen LogP contribution is 2.29. The average Bonchev–Trinajstić information content (AvgIpc) is 3.26. The molecule has 1 aromatic carbocycles. The first-order valence-electron chi connectivity index (χ1n) is 9.48. The SMILES string of the molecule is CC(C)NC(=O)N1CCc2c(c(-c3nc(Cc4ccccc4)no3)nn2C)C1. The lowest BCUT2D eigenvalue weighted by molar-refractivity contribution is 0.189. The second-order valence-electron chi connectivity index (χ2n) is 7.35. The summed E-state index contributed by atoms with van der Waals surface area (Å²) < 4.78 is 7.36. The van der Waals surface area contributed by atoms with Gasteiger partial charge in [-0.1, -0.05) is 35.5 Å². The van der Waals surface area contributed by atoms with Gasteiger partial charge in [0.15, 0.2) is 11.5 Å². The summed E-state index contributed by atoms with van der Waals surface area (Å²) >= 11 is 0. The van der Waals surface area contributed by atoms with Crippen LogP contribution in [0.2, 0.25) is 0 Å². The van der Waals surface area contributed by atoms with Crippen molar-refractivity contribution in [1.82, 2.24) is 30.1 Å². The largest absolute Gasteiger partial charge is 0.336 e. The first-order valence-corrected chi connectivity index (χ1v) is 9.48. The van der Waals surface area contributed by atoms with Crippen molar-refractivity contribution in [3.8, 4) is 11.6 Å². The molecule has 0 saturated carbocycles. The molecule has 28 heavy (non-hydrogen) atoms. The zero-order chi connectivity index (χ0) is 19.7. The molecule has 0 bridgehead atoms. The molecular formula is C20H24N6O2. The maximum atomic E-state index is 12.4. The van der Waals surface area contributed by atoms with Gasteiger partial charge in [0, 0.05) is 43.7 Å². The summed E-state index contributed by atoms with van der Waals surface area (Å²) in [6.45, 7) is 5.05. The average molecular weight is 380 g/mol. The van der Waals surface area contributed by atoms with Gasteiger partial charge in [-0.2, -0.15) is 10.1 Å². The molecule has 8 nitrogen and oxygen atoms in total. The third-order valence-electron chi connectivity index (χ3n) is 4.82. The lowest BCUT2D eigenvalue weighted by Crippen LogP contribution is -2.45. The molecular weight excluding hydrogens is 356 g/mol. The van der Waals surface area contributed by atoms with Crippen molar-refractivity contribution in [2.24, 2.45) is 7.05 Å². The number of fused-ring (bicyclic) bond motifs is 1. The van der Waals surface area contributed by atoms with E-state index in [4.69, 9.17) is 4.52 Å². The lowest BCUT2D eigenvalue weighted by atomic mass is 10.1. The van der Waals surface area contributed by atoms with Gasteiger partial charge in [-0.05, 0) is 19.4 Å². The Bertz CT molecular complexity index is 976. The normalized spacial score (nSPS) is 13.6. The minimum absolute atomic E-state index is 0.0641. The number of nitrogens with zero attached hydrogens (tertiary/aromatic N) is 5. The second-order valence-corrected chi connectivity index (χ2v) is 7.35. The van der Waals surface area contributed by atoms with Crippen LogP contribution in [0, 0.1) is 0 Å². The van der Waals surface area contributed by atoms with E-state index < -0.39 is 0 Å². The lowest BCUT2D eigenvalue weighted by Gasteiger charge is -2.28. The maximum Gasteiger partial charge on any atom is 0.317 e. The van der Waals surface area contributed by atoms with Crippen LogP contribution in [0.3, 0.4) is 0 Å². The molecule has 4 rings (SSSR count). The van der Waals surface area contributed by atoms with Crippen molar-refractivity contribution in [3.05, 3.63) is 53.0 Å². The van der Waals surface area contributed by atoms with Crippen molar-refractivity contribution in [1.29, 1.82) is 0 Å². The number of aromatic nitrogens is 4. The van der Waals surface area contributed by atoms with Crippen LogP contribution in [-0.4, -0.2) is 43.4 Å². The fourth-order valence-corrected chi connectivity index (χ4v) is 3.48. The fraction of sp³-hybridized carbons (Fsp3) is 0.400. The van der Waals surface area contributed by atoms with Crippen LogP contribution in [0.25, 0.3) is 11.6 Å². The highest BCUT2D eigenvalue weighted by Gasteiger charge is 2.29. The Balaban J connectivity index is 1.58. The summed E-state index contributed by atoms with van der Waals surface area (Å²) in [6.07, 6.45) is 1.34. The van der Waals surface area contributed by atoms with Gasteiger partial charge >= 0.3 is 6.03 Å². The van der Waals surface area contributed by atoms with Crippen LogP contribution in [-0.2, 0) is 26.4 Å². The number of hydrogen-bond acceptors (Lipinski definition) is 5. The second kappa shape index (κ2) is 7.46. The Morgan fingerprint density at radius 2 is 2.07 bits per heavy atom. The maximum absolute atomic E-state index is 12.4. The minimum atomic E-state index is -0.0641. The number of aryl methyl sites for hydroxylation is 1. The molecule has 0 aliphatic carbocycles. The molecule has 0 radical (unpaired) electrons. The van der Waals surface area contributed by atoms with E-state index in [1.165, 1.54) is 0 Å². The Kier molecular flexibility index (Phi) is 4.85. The Hall–Kier alpha value is -3.16. The zero-order valence-electron chi connectivity index (χ0n) is 16.3. The zero-order valence-corrected chi connectivity index (χ0v) is 16.3. The summed E-state index contributed by atoms with van der Waals surface area (Å²) in [7, 11) is 1.91. The van der Waals surface area contributed by atoms with Crippen LogP contribution in [0.4, 0.5) is 4.79 Å². The number of amides is 2. The number of nitrogens with one attached hydrogen (secondary N) is 1. The monoisotopic (exact) mass is 380 g/mol. The molecule has 3 aromatic rings. The number of hydrogen-bond donors (Lipinski definition) is 1. The molecule has 1 N–H and O–H groups in total. The molecule has 1 aliphatic heterocycles. The highest BCUT2D eigenvalue weighted by molar-refractivity contribution is 5.75. The minimum Gasteiger partial charge on any atom is -0.336 e. The van der Waals surface area contributed by atoms with Crippen LogP contribution < -0.4 is 5.32 Å². The van der Waals surface area contributed by atoms with E-state index in [2.05, 4.69) is 20.6 Å². The highest BCUT2D eigenvalue weighted by atomic mass is 16.5.